The topological polar surface area (TPSA) is 68.7 Å². The van der Waals surface area contributed by atoms with Gasteiger partial charge < -0.3 is 24.4 Å². The molecule has 1 aromatic heterocycles. The molecule has 0 aliphatic carbocycles. The Kier molecular flexibility index (Phi) is 7.06. The van der Waals surface area contributed by atoms with Gasteiger partial charge in [0.25, 0.3) is 0 Å². The van der Waals surface area contributed by atoms with E-state index in [0.717, 1.165) is 49.1 Å². The Balaban J connectivity index is 1.47. The largest absolute Gasteiger partial charge is 0.493 e. The van der Waals surface area contributed by atoms with Crippen molar-refractivity contribution in [3.05, 3.63) is 47.7 Å². The van der Waals surface area contributed by atoms with Crippen LogP contribution < -0.4 is 14.8 Å². The van der Waals surface area contributed by atoms with Crippen LogP contribution >= 0.6 is 11.6 Å². The molecule has 4 rings (SSSR count). The number of likely N-dealkylation sites (tertiary alicyclic amines) is 1. The van der Waals surface area contributed by atoms with Crippen molar-refractivity contribution < 1.29 is 14.2 Å². The Hall–Kier alpha value is -2.61. The van der Waals surface area contributed by atoms with Crippen molar-refractivity contribution in [2.45, 2.75) is 18.9 Å². The minimum Gasteiger partial charge on any atom is -0.493 e. The predicted octanol–water partition coefficient (Wildman–Crippen LogP) is 4.53. The molecule has 0 radical (unpaired) electrons. The summed E-state index contributed by atoms with van der Waals surface area (Å²) in [6, 6.07) is 11.3. The van der Waals surface area contributed by atoms with E-state index in [2.05, 4.69) is 20.2 Å². The molecule has 1 fully saturated rings. The lowest BCUT2D eigenvalue weighted by molar-refractivity contribution is 0.107. The number of nitrogens with zero attached hydrogens (tertiary/aromatic N) is 3. The summed E-state index contributed by atoms with van der Waals surface area (Å²) in [4.78, 5) is 11.2. The highest BCUT2D eigenvalue weighted by Gasteiger charge is 2.21. The SMILES string of the molecule is COc1cc2ncnc(Nc3cccc(Cl)c3)c2cc1OCCCN1CC[C@H](OC)C1. The van der Waals surface area contributed by atoms with Crippen LogP contribution in [0, 0.1) is 0 Å². The van der Waals surface area contributed by atoms with E-state index in [1.54, 1.807) is 14.2 Å². The number of halogens is 1. The molecule has 0 unspecified atom stereocenters. The van der Waals surface area contributed by atoms with Crippen LogP contribution in [0.3, 0.4) is 0 Å². The van der Waals surface area contributed by atoms with Gasteiger partial charge in [0, 0.05) is 48.9 Å². The number of hydrogen-bond donors (Lipinski definition) is 1. The zero-order valence-corrected chi connectivity index (χ0v) is 18.6. The molecule has 164 valence electrons. The third kappa shape index (κ3) is 5.36. The summed E-state index contributed by atoms with van der Waals surface area (Å²) in [5.41, 5.74) is 1.62. The summed E-state index contributed by atoms with van der Waals surface area (Å²) in [5, 5.41) is 4.82. The van der Waals surface area contributed by atoms with Gasteiger partial charge in [-0.3, -0.25) is 0 Å². The van der Waals surface area contributed by atoms with Crippen LogP contribution in [-0.4, -0.2) is 61.4 Å². The summed E-state index contributed by atoms with van der Waals surface area (Å²) >= 11 is 6.11. The molecule has 2 aromatic carbocycles. The van der Waals surface area contributed by atoms with E-state index >= 15 is 0 Å². The first-order chi connectivity index (χ1) is 15.2. The summed E-state index contributed by atoms with van der Waals surface area (Å²) in [7, 11) is 3.41. The molecule has 0 bridgehead atoms. The molecule has 1 N–H and O–H groups in total. The van der Waals surface area contributed by atoms with Crippen LogP contribution in [0.15, 0.2) is 42.7 Å². The Morgan fingerprint density at radius 3 is 2.84 bits per heavy atom. The first-order valence-electron chi connectivity index (χ1n) is 10.4. The molecule has 1 aliphatic heterocycles. The van der Waals surface area contributed by atoms with Crippen LogP contribution in [-0.2, 0) is 4.74 Å². The Morgan fingerprint density at radius 1 is 1.16 bits per heavy atom. The van der Waals surface area contributed by atoms with Gasteiger partial charge in [-0.25, -0.2) is 9.97 Å². The standard InChI is InChI=1S/C23H27ClN4O3/c1-29-18-7-9-28(14-18)8-4-10-31-22-12-19-20(13-21(22)30-2)25-15-26-23(19)27-17-6-3-5-16(24)11-17/h3,5-6,11-13,15,18H,4,7-10,14H2,1-2H3,(H,25,26,27)/t18-/m0/s1. The molecule has 1 aliphatic rings. The second kappa shape index (κ2) is 10.1. The van der Waals surface area contributed by atoms with Crippen LogP contribution in [0.1, 0.15) is 12.8 Å². The summed E-state index contributed by atoms with van der Waals surface area (Å²) in [5.74, 6) is 2.01. The van der Waals surface area contributed by atoms with Crippen LogP contribution in [0.4, 0.5) is 11.5 Å². The normalized spacial score (nSPS) is 16.5. The Morgan fingerprint density at radius 2 is 2.06 bits per heavy atom. The molecule has 31 heavy (non-hydrogen) atoms. The summed E-state index contributed by atoms with van der Waals surface area (Å²) in [6.45, 7) is 3.65. The van der Waals surface area contributed by atoms with E-state index in [1.165, 1.54) is 6.33 Å². The van der Waals surface area contributed by atoms with Gasteiger partial charge in [0.1, 0.15) is 12.1 Å². The second-order valence-electron chi connectivity index (χ2n) is 7.53. The van der Waals surface area contributed by atoms with Crippen LogP contribution in [0.25, 0.3) is 10.9 Å². The number of hydrogen-bond acceptors (Lipinski definition) is 7. The smallest absolute Gasteiger partial charge is 0.162 e. The maximum atomic E-state index is 6.11. The maximum absolute atomic E-state index is 6.11. The fourth-order valence-corrected chi connectivity index (χ4v) is 3.99. The highest BCUT2D eigenvalue weighted by molar-refractivity contribution is 6.30. The van der Waals surface area contributed by atoms with Crippen molar-refractivity contribution in [1.29, 1.82) is 0 Å². The van der Waals surface area contributed by atoms with Gasteiger partial charge in [0.2, 0.25) is 0 Å². The van der Waals surface area contributed by atoms with Crippen molar-refractivity contribution >= 4 is 34.0 Å². The molecule has 7 nitrogen and oxygen atoms in total. The van der Waals surface area contributed by atoms with Crippen LogP contribution in [0.5, 0.6) is 11.5 Å². The molecule has 8 heteroatoms. The number of rotatable bonds is 9. The fourth-order valence-electron chi connectivity index (χ4n) is 3.80. The van der Waals surface area contributed by atoms with Gasteiger partial charge in [-0.2, -0.15) is 0 Å². The third-order valence-corrected chi connectivity index (χ3v) is 5.68. The van der Waals surface area contributed by atoms with E-state index in [4.69, 9.17) is 25.8 Å². The van der Waals surface area contributed by atoms with E-state index in [0.29, 0.717) is 35.1 Å². The maximum Gasteiger partial charge on any atom is 0.162 e. The van der Waals surface area contributed by atoms with Gasteiger partial charge >= 0.3 is 0 Å². The van der Waals surface area contributed by atoms with E-state index < -0.39 is 0 Å². The highest BCUT2D eigenvalue weighted by atomic mass is 35.5. The first kappa shape index (κ1) is 21.6. The first-order valence-corrected chi connectivity index (χ1v) is 10.8. The monoisotopic (exact) mass is 442 g/mol. The van der Waals surface area contributed by atoms with Crippen molar-refractivity contribution in [3.63, 3.8) is 0 Å². The average Bonchev–Trinajstić information content (AvgIpc) is 3.24. The van der Waals surface area contributed by atoms with E-state index in [-0.39, 0.29) is 0 Å². The fraction of sp³-hybridized carbons (Fsp3) is 0.391. The van der Waals surface area contributed by atoms with Gasteiger partial charge in [0.05, 0.1) is 25.3 Å². The lowest BCUT2D eigenvalue weighted by atomic mass is 10.2. The van der Waals surface area contributed by atoms with Crippen LogP contribution in [0.2, 0.25) is 5.02 Å². The lowest BCUT2D eigenvalue weighted by Gasteiger charge is -2.17. The molecule has 1 saturated heterocycles. The van der Waals surface area contributed by atoms with Crippen molar-refractivity contribution in [3.8, 4) is 11.5 Å². The van der Waals surface area contributed by atoms with E-state index in [1.807, 2.05) is 36.4 Å². The Labute approximate surface area is 187 Å². The second-order valence-corrected chi connectivity index (χ2v) is 7.96. The van der Waals surface area contributed by atoms with E-state index in [9.17, 15) is 0 Å². The molecule has 0 amide bonds. The van der Waals surface area contributed by atoms with Crippen molar-refractivity contribution in [1.82, 2.24) is 14.9 Å². The predicted molar refractivity (Wildman–Crippen MR) is 123 cm³/mol. The number of fused-ring (bicyclic) bond motifs is 1. The number of ether oxygens (including phenoxy) is 3. The van der Waals surface area contributed by atoms with Gasteiger partial charge in [-0.15, -0.1) is 0 Å². The summed E-state index contributed by atoms with van der Waals surface area (Å²) in [6.07, 6.45) is 3.90. The third-order valence-electron chi connectivity index (χ3n) is 5.45. The van der Waals surface area contributed by atoms with Gasteiger partial charge in [-0.1, -0.05) is 17.7 Å². The van der Waals surface area contributed by atoms with Gasteiger partial charge in [-0.05, 0) is 37.1 Å². The summed E-state index contributed by atoms with van der Waals surface area (Å²) < 4.78 is 17.1. The zero-order valence-electron chi connectivity index (χ0n) is 17.8. The lowest BCUT2D eigenvalue weighted by Crippen LogP contribution is -2.25. The molecule has 2 heterocycles. The quantitative estimate of drug-likeness (QED) is 0.488. The number of nitrogens with one attached hydrogen (secondary N) is 1. The number of benzene rings is 2. The van der Waals surface area contributed by atoms with Crippen molar-refractivity contribution in [2.24, 2.45) is 0 Å². The zero-order chi connectivity index (χ0) is 21.6. The average molecular weight is 443 g/mol. The molecule has 0 spiro atoms. The number of aromatic nitrogens is 2. The molecular formula is C23H27ClN4O3. The molecule has 3 aromatic rings. The molecule has 0 saturated carbocycles. The Bertz CT molecular complexity index is 1030. The highest BCUT2D eigenvalue weighted by Crippen LogP contribution is 2.35. The molecular weight excluding hydrogens is 416 g/mol. The molecule has 1 atom stereocenters. The van der Waals surface area contributed by atoms with Gasteiger partial charge in [0.15, 0.2) is 11.5 Å². The number of methoxy groups -OCH3 is 2. The minimum atomic E-state index is 0.354. The number of anilines is 2. The van der Waals surface area contributed by atoms with Crippen molar-refractivity contribution in [2.75, 3.05) is 45.8 Å². The minimum absolute atomic E-state index is 0.354.